The van der Waals surface area contributed by atoms with Gasteiger partial charge in [-0.05, 0) is 36.4 Å². The van der Waals surface area contributed by atoms with Crippen molar-refractivity contribution in [2.45, 2.75) is 4.90 Å². The normalized spacial score (nSPS) is 14.6. The van der Waals surface area contributed by atoms with Gasteiger partial charge in [-0.2, -0.15) is 5.10 Å². The zero-order chi connectivity index (χ0) is 17.1. The number of hydrogen-bond donors (Lipinski definition) is 3. The molecule has 2 aromatic rings. The first-order valence-electron chi connectivity index (χ1n) is 6.48. The van der Waals surface area contributed by atoms with Gasteiger partial charge in [0.05, 0.1) is 28.4 Å². The molecule has 0 unspecified atom stereocenters. The highest BCUT2D eigenvalue weighted by Gasteiger charge is 2.26. The first-order valence-corrected chi connectivity index (χ1v) is 7.97. The molecule has 0 aromatic heterocycles. The van der Waals surface area contributed by atoms with Crippen molar-refractivity contribution in [3.8, 4) is 0 Å². The molecule has 1 amide bonds. The van der Waals surface area contributed by atoms with Crippen LogP contribution in [-0.2, 0) is 14.2 Å². The number of halogens is 2. The van der Waals surface area contributed by atoms with E-state index in [9.17, 15) is 4.79 Å². The van der Waals surface area contributed by atoms with E-state index in [0.717, 1.165) is 12.0 Å². The summed E-state index contributed by atoms with van der Waals surface area (Å²) in [5, 5.41) is 19.5. The molecule has 1 aliphatic rings. The number of hydrogen-bond acceptors (Lipinski definition) is 7. The average Bonchev–Trinajstić information content (AvgIpc) is 2.87. The van der Waals surface area contributed by atoms with Crippen molar-refractivity contribution >= 4 is 58.2 Å². The molecule has 0 aliphatic carbocycles. The van der Waals surface area contributed by atoms with Gasteiger partial charge in [0.15, 0.2) is 5.71 Å². The van der Waals surface area contributed by atoms with E-state index in [2.05, 4.69) is 25.2 Å². The van der Waals surface area contributed by atoms with Crippen LogP contribution in [0.2, 0.25) is 10.0 Å². The lowest BCUT2D eigenvalue weighted by Gasteiger charge is -2.05. The number of nitrogens with zero attached hydrogens (tertiary/aromatic N) is 1. The van der Waals surface area contributed by atoms with E-state index in [1.807, 2.05) is 0 Å². The third-order valence-electron chi connectivity index (χ3n) is 3.09. The van der Waals surface area contributed by atoms with Gasteiger partial charge in [-0.1, -0.05) is 28.2 Å². The summed E-state index contributed by atoms with van der Waals surface area (Å²) in [5.41, 5.74) is 4.63. The van der Waals surface area contributed by atoms with Crippen molar-refractivity contribution in [3.05, 3.63) is 52.0 Å². The van der Waals surface area contributed by atoms with Gasteiger partial charge in [0, 0.05) is 15.5 Å². The Morgan fingerprint density at radius 3 is 2.79 bits per heavy atom. The minimum atomic E-state index is -0.357. The number of anilines is 2. The fraction of sp³-hybridized carbons (Fsp3) is 0. The molecule has 0 atom stereocenters. The standard InChI is InChI=1S/C14H9Cl2N3O4S/c15-7-1-3-12(10(16)5-7)18-19-13-9-6-8(24-23-22-21)2-4-11(9)17-14(13)20/h1-6,18,21H,(H,17,19,20). The molecule has 0 spiro atoms. The first kappa shape index (κ1) is 17.0. The molecule has 3 rings (SSSR count). The third kappa shape index (κ3) is 3.64. The zero-order valence-corrected chi connectivity index (χ0v) is 14.1. The summed E-state index contributed by atoms with van der Waals surface area (Å²) >= 11 is 12.7. The molecule has 1 heterocycles. The minimum absolute atomic E-state index is 0.184. The summed E-state index contributed by atoms with van der Waals surface area (Å²) in [7, 11) is 0. The van der Waals surface area contributed by atoms with E-state index >= 15 is 0 Å². The lowest BCUT2D eigenvalue weighted by atomic mass is 10.1. The van der Waals surface area contributed by atoms with Gasteiger partial charge in [0.1, 0.15) is 0 Å². The molecule has 3 N–H and O–H groups in total. The summed E-state index contributed by atoms with van der Waals surface area (Å²) < 4.78 is 4.38. The predicted molar refractivity (Wildman–Crippen MR) is 92.3 cm³/mol. The Balaban J connectivity index is 1.87. The average molecular weight is 386 g/mol. The van der Waals surface area contributed by atoms with Crippen LogP contribution in [0.5, 0.6) is 0 Å². The molecule has 2 aromatic carbocycles. The van der Waals surface area contributed by atoms with Gasteiger partial charge in [0.2, 0.25) is 0 Å². The molecule has 0 radical (unpaired) electrons. The fourth-order valence-corrected chi connectivity index (χ4v) is 2.90. The van der Waals surface area contributed by atoms with Gasteiger partial charge < -0.3 is 5.32 Å². The first-order chi connectivity index (χ1) is 11.6. The van der Waals surface area contributed by atoms with Gasteiger partial charge in [-0.15, -0.1) is 4.33 Å². The number of amides is 1. The monoisotopic (exact) mass is 385 g/mol. The Hall–Kier alpha value is -1.81. The number of benzene rings is 2. The maximum Gasteiger partial charge on any atom is 0.276 e. The van der Waals surface area contributed by atoms with Crippen LogP contribution in [0.25, 0.3) is 0 Å². The highest BCUT2D eigenvalue weighted by atomic mass is 35.5. The van der Waals surface area contributed by atoms with Crippen LogP contribution in [0.4, 0.5) is 11.4 Å². The summed E-state index contributed by atoms with van der Waals surface area (Å²) in [5.74, 6) is -0.357. The van der Waals surface area contributed by atoms with Gasteiger partial charge >= 0.3 is 0 Å². The Bertz CT molecular complexity index is 832. The summed E-state index contributed by atoms with van der Waals surface area (Å²) in [6.45, 7) is 0. The van der Waals surface area contributed by atoms with Crippen molar-refractivity contribution in [1.29, 1.82) is 0 Å². The van der Waals surface area contributed by atoms with E-state index in [1.54, 1.807) is 36.4 Å². The molecule has 7 nitrogen and oxygen atoms in total. The molecular formula is C14H9Cl2N3O4S. The van der Waals surface area contributed by atoms with Crippen LogP contribution >= 0.6 is 35.2 Å². The van der Waals surface area contributed by atoms with Crippen molar-refractivity contribution in [3.63, 3.8) is 0 Å². The highest BCUT2D eigenvalue weighted by Crippen LogP contribution is 2.30. The SMILES string of the molecule is O=C1Nc2ccc(SOOO)cc2/C1=N/Nc1ccc(Cl)cc1Cl. The number of fused-ring (bicyclic) bond motifs is 1. The fourth-order valence-electron chi connectivity index (χ4n) is 2.05. The Kier molecular flexibility index (Phi) is 5.24. The largest absolute Gasteiger partial charge is 0.320 e. The van der Waals surface area contributed by atoms with Crippen LogP contribution in [0.1, 0.15) is 5.56 Å². The van der Waals surface area contributed by atoms with E-state index in [0.29, 0.717) is 31.9 Å². The minimum Gasteiger partial charge on any atom is -0.320 e. The van der Waals surface area contributed by atoms with Gasteiger partial charge in [0.25, 0.3) is 5.91 Å². The molecular weight excluding hydrogens is 377 g/mol. The smallest absolute Gasteiger partial charge is 0.276 e. The maximum absolute atomic E-state index is 12.1. The van der Waals surface area contributed by atoms with Crippen molar-refractivity contribution < 1.29 is 19.4 Å². The van der Waals surface area contributed by atoms with Crippen LogP contribution in [0, 0.1) is 0 Å². The summed E-state index contributed by atoms with van der Waals surface area (Å²) in [4.78, 5) is 12.7. The summed E-state index contributed by atoms with van der Waals surface area (Å²) in [6.07, 6.45) is 0. The summed E-state index contributed by atoms with van der Waals surface area (Å²) in [6, 6.07) is 9.92. The van der Waals surface area contributed by atoms with Crippen LogP contribution in [-0.4, -0.2) is 16.9 Å². The van der Waals surface area contributed by atoms with Crippen molar-refractivity contribution in [2.75, 3.05) is 10.7 Å². The predicted octanol–water partition coefficient (Wildman–Crippen LogP) is 4.19. The van der Waals surface area contributed by atoms with Gasteiger partial charge in [-0.3, -0.25) is 10.2 Å². The van der Waals surface area contributed by atoms with E-state index in [1.165, 1.54) is 0 Å². The molecule has 124 valence electrons. The molecule has 1 aliphatic heterocycles. The molecule has 10 heteroatoms. The second-order valence-electron chi connectivity index (χ2n) is 4.58. The Labute approximate surface area is 150 Å². The lowest BCUT2D eigenvalue weighted by molar-refractivity contribution is -0.432. The number of carbonyl (C=O) groups is 1. The maximum atomic E-state index is 12.1. The second kappa shape index (κ2) is 7.39. The number of carbonyl (C=O) groups excluding carboxylic acids is 1. The third-order valence-corrected chi connectivity index (χ3v) is 4.21. The zero-order valence-electron chi connectivity index (χ0n) is 11.7. The number of hydrazone groups is 1. The van der Waals surface area contributed by atoms with E-state index in [4.69, 9.17) is 28.5 Å². The molecule has 0 saturated heterocycles. The van der Waals surface area contributed by atoms with Crippen LogP contribution in [0.3, 0.4) is 0 Å². The van der Waals surface area contributed by atoms with Crippen LogP contribution < -0.4 is 10.7 Å². The van der Waals surface area contributed by atoms with Crippen LogP contribution in [0.15, 0.2) is 46.4 Å². The number of rotatable bonds is 5. The van der Waals surface area contributed by atoms with Crippen molar-refractivity contribution in [2.24, 2.45) is 5.10 Å². The lowest BCUT2D eigenvalue weighted by Crippen LogP contribution is -2.15. The molecule has 0 saturated carbocycles. The quantitative estimate of drug-likeness (QED) is 0.406. The van der Waals surface area contributed by atoms with Crippen molar-refractivity contribution in [1.82, 2.24) is 0 Å². The molecule has 0 bridgehead atoms. The Morgan fingerprint density at radius 1 is 1.21 bits per heavy atom. The van der Waals surface area contributed by atoms with Gasteiger partial charge in [-0.25, -0.2) is 5.26 Å². The van der Waals surface area contributed by atoms with E-state index in [-0.39, 0.29) is 11.6 Å². The number of nitrogens with one attached hydrogen (secondary N) is 2. The molecule has 0 fully saturated rings. The second-order valence-corrected chi connectivity index (χ2v) is 6.20. The highest BCUT2D eigenvalue weighted by molar-refractivity contribution is 7.94. The molecule has 24 heavy (non-hydrogen) atoms. The Morgan fingerprint density at radius 2 is 2.04 bits per heavy atom. The van der Waals surface area contributed by atoms with E-state index < -0.39 is 0 Å². The topological polar surface area (TPSA) is 92.2 Å².